The fourth-order valence-corrected chi connectivity index (χ4v) is 2.22. The largest absolute Gasteiger partial charge is 0.504 e. The van der Waals surface area contributed by atoms with E-state index in [-0.39, 0.29) is 18.3 Å². The Labute approximate surface area is 154 Å². The van der Waals surface area contributed by atoms with E-state index in [0.717, 1.165) is 0 Å². The number of anilines is 1. The van der Waals surface area contributed by atoms with Crippen LogP contribution in [0, 0.1) is 0 Å². The van der Waals surface area contributed by atoms with Gasteiger partial charge < -0.3 is 19.9 Å². The molecule has 0 aliphatic heterocycles. The zero-order valence-electron chi connectivity index (χ0n) is 14.4. The normalized spacial score (nSPS) is 10.7. The molecule has 0 aliphatic carbocycles. The maximum absolute atomic E-state index is 12.1. The predicted molar refractivity (Wildman–Crippen MR) is 97.3 cm³/mol. The highest BCUT2D eigenvalue weighted by molar-refractivity contribution is 6.02. The van der Waals surface area contributed by atoms with E-state index in [9.17, 15) is 9.90 Å². The van der Waals surface area contributed by atoms with Crippen molar-refractivity contribution in [3.8, 4) is 17.2 Å². The van der Waals surface area contributed by atoms with Crippen LogP contribution in [0.3, 0.4) is 0 Å². The van der Waals surface area contributed by atoms with Crippen LogP contribution in [0.1, 0.15) is 11.4 Å². The summed E-state index contributed by atoms with van der Waals surface area (Å²) >= 11 is 0. The Morgan fingerprint density at radius 3 is 2.93 bits per heavy atom. The van der Waals surface area contributed by atoms with Gasteiger partial charge in [0.1, 0.15) is 5.75 Å². The van der Waals surface area contributed by atoms with E-state index in [1.165, 1.54) is 19.3 Å². The molecule has 0 radical (unpaired) electrons. The molecule has 138 valence electrons. The Morgan fingerprint density at radius 2 is 2.19 bits per heavy atom. The van der Waals surface area contributed by atoms with Gasteiger partial charge in [-0.15, -0.1) is 10.2 Å². The fourth-order valence-electron chi connectivity index (χ4n) is 2.22. The molecule has 9 nitrogen and oxygen atoms in total. The second kappa shape index (κ2) is 8.48. The molecule has 3 N–H and O–H groups in total. The number of phenolic OH excluding ortho intramolecular Hbond substituents is 1. The van der Waals surface area contributed by atoms with Gasteiger partial charge in [0.05, 0.1) is 7.11 Å². The molecule has 0 spiro atoms. The number of hydrogen-bond acceptors (Lipinski definition) is 7. The number of aromatic amines is 1. The minimum absolute atomic E-state index is 0.00603. The number of ether oxygens (including phenoxy) is 2. The number of carbonyl (C=O) groups excluding carboxylic acids is 1. The highest BCUT2D eigenvalue weighted by atomic mass is 16.5. The lowest BCUT2D eigenvalue weighted by Gasteiger charge is -2.07. The van der Waals surface area contributed by atoms with Crippen LogP contribution in [0.2, 0.25) is 0 Å². The van der Waals surface area contributed by atoms with Gasteiger partial charge in [0.15, 0.2) is 18.1 Å². The molecule has 1 aromatic heterocycles. The molecule has 1 heterocycles. The maximum Gasteiger partial charge on any atom is 0.248 e. The summed E-state index contributed by atoms with van der Waals surface area (Å²) < 4.78 is 10.5. The molecule has 0 saturated heterocycles. The summed E-state index contributed by atoms with van der Waals surface area (Å²) in [5, 5.41) is 25.9. The first-order valence-electron chi connectivity index (χ1n) is 7.95. The summed E-state index contributed by atoms with van der Waals surface area (Å²) in [5.74, 6) is 1.04. The third-order valence-electron chi connectivity index (χ3n) is 3.49. The number of hydrogen-bond donors (Lipinski definition) is 3. The minimum atomic E-state index is -0.319. The molecule has 3 rings (SSSR count). The van der Waals surface area contributed by atoms with Crippen LogP contribution in [0.15, 0.2) is 48.5 Å². The van der Waals surface area contributed by atoms with Crippen LogP contribution in [0.5, 0.6) is 17.2 Å². The van der Waals surface area contributed by atoms with Gasteiger partial charge in [-0.05, 0) is 35.9 Å². The summed E-state index contributed by atoms with van der Waals surface area (Å²) in [4.78, 5) is 12.1. The number of rotatable bonds is 7. The van der Waals surface area contributed by atoms with Crippen molar-refractivity contribution in [1.29, 1.82) is 0 Å². The van der Waals surface area contributed by atoms with E-state index in [2.05, 4.69) is 25.9 Å². The average Bonchev–Trinajstić information content (AvgIpc) is 3.19. The van der Waals surface area contributed by atoms with Crippen molar-refractivity contribution in [2.45, 2.75) is 6.61 Å². The predicted octanol–water partition coefficient (Wildman–Crippen LogP) is 2.14. The zero-order chi connectivity index (χ0) is 19.1. The lowest BCUT2D eigenvalue weighted by atomic mass is 10.2. The number of nitrogens with zero attached hydrogens (tertiary/aromatic N) is 3. The Balaban J connectivity index is 1.58. The molecule has 0 atom stereocenters. The van der Waals surface area contributed by atoms with E-state index >= 15 is 0 Å². The number of methoxy groups -OCH3 is 1. The number of nitrogens with one attached hydrogen (secondary N) is 2. The van der Waals surface area contributed by atoms with E-state index in [0.29, 0.717) is 28.6 Å². The van der Waals surface area contributed by atoms with Gasteiger partial charge in [-0.3, -0.25) is 4.79 Å². The number of tetrazole rings is 1. The van der Waals surface area contributed by atoms with Crippen molar-refractivity contribution in [1.82, 2.24) is 20.6 Å². The average molecular weight is 367 g/mol. The Hall–Kier alpha value is -3.88. The first-order valence-corrected chi connectivity index (χ1v) is 7.95. The van der Waals surface area contributed by atoms with Crippen LogP contribution >= 0.6 is 0 Å². The van der Waals surface area contributed by atoms with Gasteiger partial charge >= 0.3 is 0 Å². The standard InChI is InChI=1S/C18H17N5O4/c1-26-16-7-5-12(9-15(16)24)6-8-18(25)19-13-3-2-4-14(10-13)27-11-17-20-22-23-21-17/h2-10,24H,11H2,1H3,(H,19,25)(H,20,21,22,23)/b8-6+. The van der Waals surface area contributed by atoms with Crippen molar-refractivity contribution >= 4 is 17.7 Å². The van der Waals surface area contributed by atoms with Crippen molar-refractivity contribution in [2.24, 2.45) is 0 Å². The SMILES string of the molecule is COc1ccc(/C=C/C(=O)Nc2cccc(OCc3nn[nH]n3)c2)cc1O. The molecular formula is C18H17N5O4. The van der Waals surface area contributed by atoms with Crippen molar-refractivity contribution < 1.29 is 19.4 Å². The fraction of sp³-hybridized carbons (Fsp3) is 0.111. The van der Waals surface area contributed by atoms with E-state index < -0.39 is 0 Å². The minimum Gasteiger partial charge on any atom is -0.504 e. The molecule has 27 heavy (non-hydrogen) atoms. The Bertz CT molecular complexity index is 941. The van der Waals surface area contributed by atoms with Crippen LogP contribution in [-0.2, 0) is 11.4 Å². The molecule has 0 unspecified atom stereocenters. The summed E-state index contributed by atoms with van der Waals surface area (Å²) in [7, 11) is 1.47. The number of phenols is 1. The summed E-state index contributed by atoms with van der Waals surface area (Å²) in [5.41, 5.74) is 1.24. The first kappa shape index (κ1) is 17.9. The van der Waals surface area contributed by atoms with E-state index in [1.807, 2.05) is 0 Å². The number of carbonyl (C=O) groups is 1. The Morgan fingerprint density at radius 1 is 1.30 bits per heavy atom. The Kier molecular flexibility index (Phi) is 5.63. The highest BCUT2D eigenvalue weighted by Gasteiger charge is 2.04. The number of amides is 1. The van der Waals surface area contributed by atoms with Crippen molar-refractivity contribution in [2.75, 3.05) is 12.4 Å². The third kappa shape index (κ3) is 5.05. The second-order valence-corrected chi connectivity index (χ2v) is 5.40. The molecule has 3 aromatic rings. The molecule has 0 aliphatic rings. The number of benzene rings is 2. The molecule has 0 saturated carbocycles. The quantitative estimate of drug-likeness (QED) is 0.547. The maximum atomic E-state index is 12.1. The monoisotopic (exact) mass is 367 g/mol. The third-order valence-corrected chi connectivity index (χ3v) is 3.49. The molecule has 1 amide bonds. The topological polar surface area (TPSA) is 122 Å². The smallest absolute Gasteiger partial charge is 0.248 e. The number of aromatic hydroxyl groups is 1. The van der Waals surface area contributed by atoms with Crippen molar-refractivity contribution in [3.05, 3.63) is 59.9 Å². The number of H-pyrrole nitrogens is 1. The van der Waals surface area contributed by atoms with Gasteiger partial charge in [-0.25, -0.2) is 0 Å². The lowest BCUT2D eigenvalue weighted by molar-refractivity contribution is -0.111. The van der Waals surface area contributed by atoms with E-state index in [1.54, 1.807) is 42.5 Å². The van der Waals surface area contributed by atoms with E-state index in [4.69, 9.17) is 9.47 Å². The van der Waals surface area contributed by atoms with Crippen LogP contribution in [-0.4, -0.2) is 38.7 Å². The van der Waals surface area contributed by atoms with Crippen LogP contribution < -0.4 is 14.8 Å². The molecule has 9 heteroatoms. The van der Waals surface area contributed by atoms with Gasteiger partial charge in [0.2, 0.25) is 11.7 Å². The van der Waals surface area contributed by atoms with Gasteiger partial charge in [0, 0.05) is 17.8 Å². The second-order valence-electron chi connectivity index (χ2n) is 5.40. The zero-order valence-corrected chi connectivity index (χ0v) is 14.4. The molecular weight excluding hydrogens is 350 g/mol. The molecule has 2 aromatic carbocycles. The van der Waals surface area contributed by atoms with Gasteiger partial charge in [-0.2, -0.15) is 5.21 Å². The number of aromatic nitrogens is 4. The lowest BCUT2D eigenvalue weighted by Crippen LogP contribution is -2.08. The van der Waals surface area contributed by atoms with Crippen LogP contribution in [0.4, 0.5) is 5.69 Å². The van der Waals surface area contributed by atoms with Gasteiger partial charge in [0.25, 0.3) is 0 Å². The van der Waals surface area contributed by atoms with Gasteiger partial charge in [-0.1, -0.05) is 17.3 Å². The van der Waals surface area contributed by atoms with Crippen molar-refractivity contribution in [3.63, 3.8) is 0 Å². The summed E-state index contributed by atoms with van der Waals surface area (Å²) in [6.07, 6.45) is 2.96. The molecule has 0 bridgehead atoms. The summed E-state index contributed by atoms with van der Waals surface area (Å²) in [6, 6.07) is 11.8. The summed E-state index contributed by atoms with van der Waals surface area (Å²) in [6.45, 7) is 0.161. The first-order chi connectivity index (χ1) is 13.1. The molecule has 0 fully saturated rings. The highest BCUT2D eigenvalue weighted by Crippen LogP contribution is 2.26. The van der Waals surface area contributed by atoms with Crippen LogP contribution in [0.25, 0.3) is 6.08 Å².